The molecule has 2 N–H and O–H groups in total. The van der Waals surface area contributed by atoms with Gasteiger partial charge in [0.1, 0.15) is 0 Å². The molecular formula is C28H31NO3. The number of rotatable bonds is 6. The molecule has 0 spiro atoms. The number of hydrogen-bond acceptors (Lipinski definition) is 4. The molecule has 0 radical (unpaired) electrons. The summed E-state index contributed by atoms with van der Waals surface area (Å²) < 4.78 is 0. The predicted molar refractivity (Wildman–Crippen MR) is 126 cm³/mol. The Morgan fingerprint density at radius 1 is 0.875 bits per heavy atom. The van der Waals surface area contributed by atoms with Gasteiger partial charge in [0.15, 0.2) is 5.78 Å². The van der Waals surface area contributed by atoms with Crippen LogP contribution in [0.2, 0.25) is 0 Å². The fourth-order valence-electron chi connectivity index (χ4n) is 5.66. The molecular weight excluding hydrogens is 398 g/mol. The van der Waals surface area contributed by atoms with Crippen LogP contribution in [0.4, 0.5) is 0 Å². The number of carbonyl (C=O) groups is 1. The SMILES string of the molecule is O=C1c2cc(CO)c(CO)cc2CC1CC1CCN(Cc2cccc3ccccc23)CC1. The third kappa shape index (κ3) is 4.11. The van der Waals surface area contributed by atoms with E-state index in [-0.39, 0.29) is 24.9 Å². The van der Waals surface area contributed by atoms with Crippen molar-refractivity contribution < 1.29 is 15.0 Å². The zero-order valence-corrected chi connectivity index (χ0v) is 18.5. The highest BCUT2D eigenvalue weighted by Gasteiger charge is 2.34. The second-order valence-electron chi connectivity index (χ2n) is 9.45. The number of piperidine rings is 1. The van der Waals surface area contributed by atoms with Gasteiger partial charge in [-0.2, -0.15) is 0 Å². The molecule has 1 aliphatic heterocycles. The highest BCUT2D eigenvalue weighted by Crippen LogP contribution is 2.36. The van der Waals surface area contributed by atoms with Crippen molar-refractivity contribution in [2.75, 3.05) is 13.1 Å². The Morgan fingerprint density at radius 3 is 2.38 bits per heavy atom. The second-order valence-corrected chi connectivity index (χ2v) is 9.45. The van der Waals surface area contributed by atoms with E-state index in [1.807, 2.05) is 6.07 Å². The minimum absolute atomic E-state index is 0.0418. The maximum atomic E-state index is 13.0. The van der Waals surface area contributed by atoms with Gasteiger partial charge in [-0.1, -0.05) is 48.5 Å². The molecule has 1 unspecified atom stereocenters. The first-order valence-corrected chi connectivity index (χ1v) is 11.8. The summed E-state index contributed by atoms with van der Waals surface area (Å²) in [6.45, 7) is 2.89. The number of Topliss-reactive ketones (excluding diaryl/α,β-unsaturated/α-hetero) is 1. The minimum Gasteiger partial charge on any atom is -0.392 e. The van der Waals surface area contributed by atoms with E-state index in [1.165, 1.54) is 16.3 Å². The van der Waals surface area contributed by atoms with E-state index in [0.717, 1.165) is 62.0 Å². The fourth-order valence-corrected chi connectivity index (χ4v) is 5.66. The average molecular weight is 430 g/mol. The minimum atomic E-state index is -0.143. The van der Waals surface area contributed by atoms with Crippen LogP contribution in [0.1, 0.15) is 51.9 Å². The van der Waals surface area contributed by atoms with Gasteiger partial charge >= 0.3 is 0 Å². The number of ketones is 1. The summed E-state index contributed by atoms with van der Waals surface area (Å²) >= 11 is 0. The number of hydrogen-bond donors (Lipinski definition) is 2. The standard InChI is InChI=1S/C28H31NO3/c30-17-24-14-22-13-23(28(32)27(22)15-25(24)18-31)12-19-8-10-29(11-9-19)16-21-6-3-5-20-4-1-2-7-26(20)21/h1-7,14-15,19,23,30-31H,8-13,16-18H2. The Labute approximate surface area is 189 Å². The summed E-state index contributed by atoms with van der Waals surface area (Å²) in [6, 6.07) is 18.9. The van der Waals surface area contributed by atoms with Gasteiger partial charge in [0.05, 0.1) is 13.2 Å². The van der Waals surface area contributed by atoms with E-state index in [0.29, 0.717) is 11.5 Å². The zero-order chi connectivity index (χ0) is 22.1. The molecule has 4 nitrogen and oxygen atoms in total. The lowest BCUT2D eigenvalue weighted by Crippen LogP contribution is -2.34. The molecule has 166 valence electrons. The van der Waals surface area contributed by atoms with Crippen molar-refractivity contribution in [3.8, 4) is 0 Å². The van der Waals surface area contributed by atoms with E-state index in [2.05, 4.69) is 47.4 Å². The van der Waals surface area contributed by atoms with Crippen LogP contribution in [0.5, 0.6) is 0 Å². The number of aliphatic hydroxyl groups excluding tert-OH is 2. The highest BCUT2D eigenvalue weighted by atomic mass is 16.3. The zero-order valence-electron chi connectivity index (χ0n) is 18.5. The molecule has 1 heterocycles. The third-order valence-electron chi connectivity index (χ3n) is 7.47. The van der Waals surface area contributed by atoms with Crippen molar-refractivity contribution in [2.24, 2.45) is 11.8 Å². The molecule has 1 saturated heterocycles. The molecule has 0 amide bonds. The topological polar surface area (TPSA) is 60.8 Å². The Balaban J connectivity index is 1.19. The van der Waals surface area contributed by atoms with E-state index < -0.39 is 0 Å². The Hall–Kier alpha value is -2.53. The number of fused-ring (bicyclic) bond motifs is 2. The van der Waals surface area contributed by atoms with E-state index in [4.69, 9.17) is 0 Å². The van der Waals surface area contributed by atoms with Crippen molar-refractivity contribution >= 4 is 16.6 Å². The van der Waals surface area contributed by atoms with Gasteiger partial charge < -0.3 is 10.2 Å². The molecule has 3 aromatic rings. The predicted octanol–water partition coefficient (Wildman–Crippen LogP) is 4.48. The number of nitrogens with zero attached hydrogens (tertiary/aromatic N) is 1. The molecule has 4 heteroatoms. The summed E-state index contributed by atoms with van der Waals surface area (Å²) in [6.07, 6.45) is 3.98. The number of aliphatic hydroxyl groups is 2. The molecule has 3 aromatic carbocycles. The van der Waals surface area contributed by atoms with Gasteiger partial charge in [-0.05, 0) is 83.8 Å². The van der Waals surface area contributed by atoms with Crippen molar-refractivity contribution in [3.63, 3.8) is 0 Å². The summed E-state index contributed by atoms with van der Waals surface area (Å²) in [4.78, 5) is 15.6. The smallest absolute Gasteiger partial charge is 0.166 e. The second kappa shape index (κ2) is 9.14. The highest BCUT2D eigenvalue weighted by molar-refractivity contribution is 6.02. The van der Waals surface area contributed by atoms with Crippen molar-refractivity contribution in [1.82, 2.24) is 4.90 Å². The van der Waals surface area contributed by atoms with Gasteiger partial charge in [0.25, 0.3) is 0 Å². The summed E-state index contributed by atoms with van der Waals surface area (Å²) in [5, 5.41) is 21.8. The van der Waals surface area contributed by atoms with E-state index >= 15 is 0 Å². The summed E-state index contributed by atoms with van der Waals surface area (Å²) in [5.74, 6) is 0.842. The van der Waals surface area contributed by atoms with Crippen LogP contribution in [0.3, 0.4) is 0 Å². The van der Waals surface area contributed by atoms with Crippen molar-refractivity contribution in [2.45, 2.75) is 45.4 Å². The van der Waals surface area contributed by atoms with Crippen LogP contribution in [-0.2, 0) is 26.2 Å². The molecule has 0 aromatic heterocycles. The van der Waals surface area contributed by atoms with Gasteiger partial charge in [-0.3, -0.25) is 9.69 Å². The Bertz CT molecular complexity index is 1130. The van der Waals surface area contributed by atoms with Crippen molar-refractivity contribution in [3.05, 3.63) is 82.4 Å². The van der Waals surface area contributed by atoms with E-state index in [9.17, 15) is 15.0 Å². The van der Waals surface area contributed by atoms with Crippen LogP contribution >= 0.6 is 0 Å². The van der Waals surface area contributed by atoms with Gasteiger partial charge in [0.2, 0.25) is 0 Å². The van der Waals surface area contributed by atoms with Crippen LogP contribution in [0.25, 0.3) is 10.8 Å². The fraction of sp³-hybridized carbons (Fsp3) is 0.393. The van der Waals surface area contributed by atoms with Crippen LogP contribution in [-0.4, -0.2) is 34.0 Å². The van der Waals surface area contributed by atoms with Gasteiger partial charge in [0, 0.05) is 18.0 Å². The van der Waals surface area contributed by atoms with Gasteiger partial charge in [-0.25, -0.2) is 0 Å². The lowest BCUT2D eigenvalue weighted by atomic mass is 9.85. The number of likely N-dealkylation sites (tertiary alicyclic amines) is 1. The normalized spacial score (nSPS) is 19.6. The monoisotopic (exact) mass is 429 g/mol. The third-order valence-corrected chi connectivity index (χ3v) is 7.47. The Morgan fingerprint density at radius 2 is 1.59 bits per heavy atom. The summed E-state index contributed by atoms with van der Waals surface area (Å²) in [7, 11) is 0. The maximum absolute atomic E-state index is 13.0. The van der Waals surface area contributed by atoms with Crippen molar-refractivity contribution in [1.29, 1.82) is 0 Å². The first-order valence-electron chi connectivity index (χ1n) is 11.8. The molecule has 1 atom stereocenters. The quantitative estimate of drug-likeness (QED) is 0.606. The lowest BCUT2D eigenvalue weighted by Gasteiger charge is -2.33. The van der Waals surface area contributed by atoms with Crippen LogP contribution in [0, 0.1) is 11.8 Å². The largest absolute Gasteiger partial charge is 0.392 e. The molecule has 5 rings (SSSR count). The van der Waals surface area contributed by atoms with E-state index in [1.54, 1.807) is 6.07 Å². The number of benzene rings is 3. The molecule has 0 saturated carbocycles. The number of carbonyl (C=O) groups excluding carboxylic acids is 1. The summed E-state index contributed by atoms with van der Waals surface area (Å²) in [5.41, 5.74) is 4.59. The average Bonchev–Trinajstić information content (AvgIpc) is 3.13. The first kappa shape index (κ1) is 21.3. The lowest BCUT2D eigenvalue weighted by molar-refractivity contribution is 0.0895. The molecule has 1 aliphatic carbocycles. The van der Waals surface area contributed by atoms with Crippen LogP contribution < -0.4 is 0 Å². The maximum Gasteiger partial charge on any atom is 0.166 e. The molecule has 32 heavy (non-hydrogen) atoms. The molecule has 0 bridgehead atoms. The molecule has 2 aliphatic rings. The van der Waals surface area contributed by atoms with Gasteiger partial charge in [-0.15, -0.1) is 0 Å². The Kier molecular flexibility index (Phi) is 6.09. The molecule has 1 fully saturated rings. The van der Waals surface area contributed by atoms with Crippen LogP contribution in [0.15, 0.2) is 54.6 Å². The first-order chi connectivity index (χ1) is 15.7.